The van der Waals surface area contributed by atoms with Gasteiger partial charge in [-0.25, -0.2) is 4.79 Å². The molecule has 0 heterocycles. The maximum atomic E-state index is 11.0. The Morgan fingerprint density at radius 1 is 1.36 bits per heavy atom. The Bertz CT molecular complexity index is 149. The van der Waals surface area contributed by atoms with Gasteiger partial charge in [-0.2, -0.15) is 0 Å². The van der Waals surface area contributed by atoms with Crippen LogP contribution >= 0.6 is 0 Å². The SMILES string of the molecule is CCCOC(=O)NCCCC[NH+](C)C. The summed E-state index contributed by atoms with van der Waals surface area (Å²) < 4.78 is 4.86. The van der Waals surface area contributed by atoms with E-state index in [-0.39, 0.29) is 6.09 Å². The monoisotopic (exact) mass is 203 g/mol. The zero-order valence-corrected chi connectivity index (χ0v) is 9.56. The first-order chi connectivity index (χ1) is 6.66. The summed E-state index contributed by atoms with van der Waals surface area (Å²) in [7, 11) is 4.26. The van der Waals surface area contributed by atoms with Crippen LogP contribution in [0.25, 0.3) is 0 Å². The molecular formula is C10H23N2O2+. The number of alkyl carbamates (subject to hydrolysis) is 1. The Morgan fingerprint density at radius 2 is 2.07 bits per heavy atom. The highest BCUT2D eigenvalue weighted by Gasteiger charge is 1.99. The van der Waals surface area contributed by atoms with Crippen LogP contribution < -0.4 is 10.2 Å². The predicted molar refractivity (Wildman–Crippen MR) is 56.6 cm³/mol. The molecule has 0 rings (SSSR count). The summed E-state index contributed by atoms with van der Waals surface area (Å²) in [5, 5.41) is 2.72. The Morgan fingerprint density at radius 3 is 2.64 bits per heavy atom. The van der Waals surface area contributed by atoms with E-state index in [9.17, 15) is 4.79 Å². The van der Waals surface area contributed by atoms with E-state index in [0.717, 1.165) is 32.4 Å². The minimum absolute atomic E-state index is 0.288. The molecule has 2 N–H and O–H groups in total. The Kier molecular flexibility index (Phi) is 8.33. The molecule has 0 fully saturated rings. The van der Waals surface area contributed by atoms with Crippen molar-refractivity contribution in [3.8, 4) is 0 Å². The third-order valence-electron chi connectivity index (χ3n) is 1.81. The van der Waals surface area contributed by atoms with Crippen molar-refractivity contribution in [3.05, 3.63) is 0 Å². The molecule has 0 bridgehead atoms. The fourth-order valence-electron chi connectivity index (χ4n) is 1.04. The van der Waals surface area contributed by atoms with Crippen LogP contribution in [-0.4, -0.2) is 39.9 Å². The maximum Gasteiger partial charge on any atom is 0.407 e. The summed E-state index contributed by atoms with van der Waals surface area (Å²) in [6, 6.07) is 0. The second kappa shape index (κ2) is 8.81. The van der Waals surface area contributed by atoms with Gasteiger partial charge in [-0.15, -0.1) is 0 Å². The van der Waals surface area contributed by atoms with Crippen LogP contribution in [0, 0.1) is 0 Å². The van der Waals surface area contributed by atoms with Gasteiger partial charge in [0.15, 0.2) is 0 Å². The van der Waals surface area contributed by atoms with Gasteiger partial charge < -0.3 is 15.0 Å². The first-order valence-electron chi connectivity index (χ1n) is 5.36. The zero-order valence-electron chi connectivity index (χ0n) is 9.56. The Labute approximate surface area is 86.6 Å². The van der Waals surface area contributed by atoms with Crippen molar-refractivity contribution >= 4 is 6.09 Å². The predicted octanol–water partition coefficient (Wildman–Crippen LogP) is 0.0473. The number of hydrogen-bond donors (Lipinski definition) is 2. The van der Waals surface area contributed by atoms with Crippen LogP contribution in [-0.2, 0) is 4.74 Å². The summed E-state index contributed by atoms with van der Waals surface area (Å²) in [6.45, 7) is 4.35. The average molecular weight is 203 g/mol. The van der Waals surface area contributed by atoms with Crippen molar-refractivity contribution < 1.29 is 14.4 Å². The molecule has 0 saturated carbocycles. The highest BCUT2D eigenvalue weighted by molar-refractivity contribution is 5.66. The van der Waals surface area contributed by atoms with Gasteiger partial charge in [-0.3, -0.25) is 0 Å². The molecule has 0 atom stereocenters. The standard InChI is InChI=1S/C10H22N2O2/c1-4-9-14-10(13)11-7-5-6-8-12(2)3/h4-9H2,1-3H3,(H,11,13)/p+1. The number of carbonyl (C=O) groups is 1. The second-order valence-electron chi connectivity index (χ2n) is 3.73. The minimum atomic E-state index is -0.288. The number of rotatable bonds is 7. The van der Waals surface area contributed by atoms with Gasteiger partial charge in [-0.1, -0.05) is 6.92 Å². The number of ether oxygens (including phenoxy) is 1. The van der Waals surface area contributed by atoms with Crippen LogP contribution in [0.2, 0.25) is 0 Å². The lowest BCUT2D eigenvalue weighted by atomic mass is 10.3. The summed E-state index contributed by atoms with van der Waals surface area (Å²) >= 11 is 0. The lowest BCUT2D eigenvalue weighted by Crippen LogP contribution is -3.05. The van der Waals surface area contributed by atoms with E-state index in [1.165, 1.54) is 4.90 Å². The molecule has 4 nitrogen and oxygen atoms in total. The lowest BCUT2D eigenvalue weighted by molar-refractivity contribution is -0.858. The van der Waals surface area contributed by atoms with Crippen molar-refractivity contribution in [2.24, 2.45) is 0 Å². The molecule has 0 aliphatic rings. The number of amides is 1. The molecular weight excluding hydrogens is 180 g/mol. The molecule has 14 heavy (non-hydrogen) atoms. The summed E-state index contributed by atoms with van der Waals surface area (Å²) in [5.41, 5.74) is 0. The van der Waals surface area contributed by atoms with Crippen LogP contribution in [0.15, 0.2) is 0 Å². The minimum Gasteiger partial charge on any atom is -0.450 e. The first-order valence-corrected chi connectivity index (χ1v) is 5.36. The summed E-state index contributed by atoms with van der Waals surface area (Å²) in [4.78, 5) is 12.4. The van der Waals surface area contributed by atoms with Gasteiger partial charge in [0.25, 0.3) is 0 Å². The Balaban J connectivity index is 3.15. The lowest BCUT2D eigenvalue weighted by Gasteiger charge is -2.07. The van der Waals surface area contributed by atoms with E-state index in [1.807, 2.05) is 6.92 Å². The maximum absolute atomic E-state index is 11.0. The van der Waals surface area contributed by atoms with Gasteiger partial charge in [0.1, 0.15) is 0 Å². The largest absolute Gasteiger partial charge is 0.450 e. The van der Waals surface area contributed by atoms with E-state index in [1.54, 1.807) is 0 Å². The number of quaternary nitrogens is 1. The number of nitrogens with one attached hydrogen (secondary N) is 2. The van der Waals surface area contributed by atoms with Crippen LogP contribution in [0.5, 0.6) is 0 Å². The molecule has 84 valence electrons. The molecule has 0 aromatic heterocycles. The summed E-state index contributed by atoms with van der Waals surface area (Å²) in [6.07, 6.45) is 2.74. The molecule has 0 aromatic rings. The quantitative estimate of drug-likeness (QED) is 0.574. The molecule has 0 saturated heterocycles. The summed E-state index contributed by atoms with van der Waals surface area (Å²) in [5.74, 6) is 0. The van der Waals surface area contributed by atoms with Gasteiger partial charge >= 0.3 is 6.09 Å². The van der Waals surface area contributed by atoms with Gasteiger partial charge in [0, 0.05) is 6.54 Å². The van der Waals surface area contributed by atoms with E-state index >= 15 is 0 Å². The number of unbranched alkanes of at least 4 members (excludes halogenated alkanes) is 1. The van der Waals surface area contributed by atoms with Crippen LogP contribution in [0.3, 0.4) is 0 Å². The van der Waals surface area contributed by atoms with Gasteiger partial charge in [0.05, 0.1) is 27.2 Å². The fraction of sp³-hybridized carbons (Fsp3) is 0.900. The Hall–Kier alpha value is -0.770. The van der Waals surface area contributed by atoms with Crippen LogP contribution in [0.4, 0.5) is 4.79 Å². The fourth-order valence-corrected chi connectivity index (χ4v) is 1.04. The van der Waals surface area contributed by atoms with Crippen molar-refractivity contribution in [1.82, 2.24) is 5.32 Å². The normalized spacial score (nSPS) is 10.3. The highest BCUT2D eigenvalue weighted by atomic mass is 16.5. The average Bonchev–Trinajstić information content (AvgIpc) is 2.13. The van der Waals surface area contributed by atoms with E-state index in [4.69, 9.17) is 4.74 Å². The van der Waals surface area contributed by atoms with Crippen molar-refractivity contribution in [3.63, 3.8) is 0 Å². The van der Waals surface area contributed by atoms with Crippen molar-refractivity contribution in [2.45, 2.75) is 26.2 Å². The third-order valence-corrected chi connectivity index (χ3v) is 1.81. The molecule has 0 aromatic carbocycles. The molecule has 1 amide bonds. The highest BCUT2D eigenvalue weighted by Crippen LogP contribution is 1.85. The molecule has 0 aliphatic heterocycles. The number of hydrogen-bond acceptors (Lipinski definition) is 2. The van der Waals surface area contributed by atoms with Crippen molar-refractivity contribution in [1.29, 1.82) is 0 Å². The second-order valence-corrected chi connectivity index (χ2v) is 3.73. The smallest absolute Gasteiger partial charge is 0.407 e. The molecule has 0 spiro atoms. The topological polar surface area (TPSA) is 42.8 Å². The van der Waals surface area contributed by atoms with E-state index in [2.05, 4.69) is 19.4 Å². The van der Waals surface area contributed by atoms with Gasteiger partial charge in [0.2, 0.25) is 0 Å². The zero-order chi connectivity index (χ0) is 10.8. The molecule has 0 unspecified atom stereocenters. The van der Waals surface area contributed by atoms with Gasteiger partial charge in [-0.05, 0) is 19.3 Å². The molecule has 0 aliphatic carbocycles. The number of carbonyl (C=O) groups excluding carboxylic acids is 1. The van der Waals surface area contributed by atoms with Crippen molar-refractivity contribution in [2.75, 3.05) is 33.8 Å². The third kappa shape index (κ3) is 9.32. The first kappa shape index (κ1) is 13.2. The molecule has 0 radical (unpaired) electrons. The van der Waals surface area contributed by atoms with E-state index < -0.39 is 0 Å². The van der Waals surface area contributed by atoms with E-state index in [0.29, 0.717) is 6.61 Å². The van der Waals surface area contributed by atoms with Crippen LogP contribution in [0.1, 0.15) is 26.2 Å². The molecule has 4 heteroatoms.